The van der Waals surface area contributed by atoms with Crippen LogP contribution in [0.1, 0.15) is 35.9 Å². The zero-order valence-corrected chi connectivity index (χ0v) is 13.3. The van der Waals surface area contributed by atoms with Crippen LogP contribution < -0.4 is 11.1 Å². The van der Waals surface area contributed by atoms with Crippen molar-refractivity contribution in [3.05, 3.63) is 57.8 Å². The van der Waals surface area contributed by atoms with Crippen LogP contribution in [0.4, 0.5) is 0 Å². The summed E-state index contributed by atoms with van der Waals surface area (Å²) in [5, 5.41) is 5.26. The van der Waals surface area contributed by atoms with Gasteiger partial charge in [-0.2, -0.15) is 0 Å². The summed E-state index contributed by atoms with van der Waals surface area (Å²) in [6, 6.07) is 11.8. The summed E-state index contributed by atoms with van der Waals surface area (Å²) in [6.07, 6.45) is 1.05. The van der Waals surface area contributed by atoms with Crippen molar-refractivity contribution >= 4 is 17.2 Å². The summed E-state index contributed by atoms with van der Waals surface area (Å²) < 4.78 is 0. The number of nitrogens with two attached hydrogens (primary N) is 1. The number of carbonyl (C=O) groups is 1. The molecule has 112 valence electrons. The molecule has 1 heterocycles. The number of thiophene rings is 1. The summed E-state index contributed by atoms with van der Waals surface area (Å²) in [6.45, 7) is 5.05. The molecule has 3 N–H and O–H groups in total. The first-order valence-corrected chi connectivity index (χ1v) is 8.08. The molecule has 3 nitrogen and oxygen atoms in total. The van der Waals surface area contributed by atoms with E-state index in [4.69, 9.17) is 5.73 Å². The normalized spacial score (nSPS) is 12.5. The Morgan fingerprint density at radius 3 is 2.48 bits per heavy atom. The van der Waals surface area contributed by atoms with E-state index in [1.54, 1.807) is 11.3 Å². The fourth-order valence-electron chi connectivity index (χ4n) is 2.32. The van der Waals surface area contributed by atoms with Crippen molar-refractivity contribution in [2.24, 2.45) is 11.7 Å². The number of benzene rings is 1. The van der Waals surface area contributed by atoms with E-state index in [2.05, 4.69) is 31.3 Å². The Balaban J connectivity index is 2.05. The van der Waals surface area contributed by atoms with E-state index in [9.17, 15) is 4.79 Å². The first-order valence-electron chi connectivity index (χ1n) is 7.20. The smallest absolute Gasteiger partial charge is 0.239 e. The molecule has 1 amide bonds. The van der Waals surface area contributed by atoms with Crippen LogP contribution in [0.5, 0.6) is 0 Å². The maximum Gasteiger partial charge on any atom is 0.239 e. The molecular weight excluding hydrogens is 280 g/mol. The van der Waals surface area contributed by atoms with Gasteiger partial charge in [-0.3, -0.25) is 10.1 Å². The molecule has 0 radical (unpaired) electrons. The van der Waals surface area contributed by atoms with Crippen LogP contribution in [0.3, 0.4) is 0 Å². The second kappa shape index (κ2) is 7.38. The Hall–Kier alpha value is -1.65. The van der Waals surface area contributed by atoms with Crippen LogP contribution in [-0.2, 0) is 17.8 Å². The lowest BCUT2D eigenvalue weighted by Gasteiger charge is -2.16. The summed E-state index contributed by atoms with van der Waals surface area (Å²) in [5.74, 6) is 0.280. The summed E-state index contributed by atoms with van der Waals surface area (Å²) in [4.78, 5) is 12.9. The van der Waals surface area contributed by atoms with E-state index in [1.165, 1.54) is 10.4 Å². The molecular formula is C17H22N2OS. The molecule has 2 rings (SSSR count). The Kier molecular flexibility index (Phi) is 5.53. The molecule has 1 aromatic carbocycles. The zero-order valence-electron chi connectivity index (χ0n) is 12.5. The highest BCUT2D eigenvalue weighted by atomic mass is 32.1. The number of nitrogens with one attached hydrogen (secondary N) is 1. The molecule has 21 heavy (non-hydrogen) atoms. The van der Waals surface area contributed by atoms with Crippen molar-refractivity contribution in [3.63, 3.8) is 0 Å². The van der Waals surface area contributed by atoms with E-state index in [1.807, 2.05) is 29.6 Å². The summed E-state index contributed by atoms with van der Waals surface area (Å²) in [7, 11) is 0. The molecule has 0 saturated carbocycles. The number of primary amides is 1. The van der Waals surface area contributed by atoms with E-state index in [0.29, 0.717) is 12.5 Å². The predicted octanol–water partition coefficient (Wildman–Crippen LogP) is 3.26. The second-order valence-corrected chi connectivity index (χ2v) is 6.67. The van der Waals surface area contributed by atoms with Gasteiger partial charge in [0, 0.05) is 11.4 Å². The van der Waals surface area contributed by atoms with Crippen LogP contribution in [0, 0.1) is 5.92 Å². The number of hydrogen-bond donors (Lipinski definition) is 2. The van der Waals surface area contributed by atoms with Gasteiger partial charge in [0.1, 0.15) is 6.04 Å². The second-order valence-electron chi connectivity index (χ2n) is 5.64. The van der Waals surface area contributed by atoms with Crippen LogP contribution in [0.25, 0.3) is 0 Å². The number of hydrogen-bond acceptors (Lipinski definition) is 3. The molecule has 1 unspecified atom stereocenters. The van der Waals surface area contributed by atoms with Gasteiger partial charge in [0.25, 0.3) is 0 Å². The fraction of sp³-hybridized carbons (Fsp3) is 0.353. The minimum absolute atomic E-state index is 0.344. The van der Waals surface area contributed by atoms with Gasteiger partial charge in [-0.25, -0.2) is 0 Å². The van der Waals surface area contributed by atoms with Gasteiger partial charge in [-0.15, -0.1) is 11.3 Å². The van der Waals surface area contributed by atoms with Gasteiger partial charge in [0.05, 0.1) is 0 Å². The average Bonchev–Trinajstić information content (AvgIpc) is 2.93. The Morgan fingerprint density at radius 1 is 1.24 bits per heavy atom. The molecule has 0 bridgehead atoms. The maximum atomic E-state index is 11.7. The topological polar surface area (TPSA) is 55.1 Å². The number of carbonyl (C=O) groups excluding carboxylic acids is 1. The number of rotatable bonds is 7. The van der Waals surface area contributed by atoms with Crippen molar-refractivity contribution in [2.45, 2.75) is 32.9 Å². The molecule has 0 aliphatic carbocycles. The van der Waals surface area contributed by atoms with Crippen LogP contribution in [0.15, 0.2) is 41.8 Å². The first-order chi connectivity index (χ1) is 10.1. The van der Waals surface area contributed by atoms with Gasteiger partial charge >= 0.3 is 0 Å². The molecule has 0 aliphatic heterocycles. The van der Waals surface area contributed by atoms with Crippen molar-refractivity contribution in [1.82, 2.24) is 5.32 Å². The van der Waals surface area contributed by atoms with Crippen LogP contribution >= 0.6 is 11.3 Å². The number of amides is 1. The lowest BCUT2D eigenvalue weighted by molar-refractivity contribution is -0.120. The molecule has 2 aromatic rings. The summed E-state index contributed by atoms with van der Waals surface area (Å²) in [5.41, 5.74) is 7.74. The fourth-order valence-corrected chi connectivity index (χ4v) is 2.97. The standard InChI is InChI=1S/C17H22N2OS/c1-12(2)10-13-5-7-14(8-6-13)16(17(18)20)19-11-15-4-3-9-21-15/h3-9,12,16,19H,10-11H2,1-2H3,(H2,18,20). The molecule has 0 aliphatic rings. The predicted molar refractivity (Wildman–Crippen MR) is 88.1 cm³/mol. The molecule has 0 fully saturated rings. The highest BCUT2D eigenvalue weighted by Gasteiger charge is 2.17. The first kappa shape index (κ1) is 15.7. The molecule has 0 spiro atoms. The Morgan fingerprint density at radius 2 is 1.95 bits per heavy atom. The minimum Gasteiger partial charge on any atom is -0.368 e. The Labute approximate surface area is 130 Å². The maximum absolute atomic E-state index is 11.7. The largest absolute Gasteiger partial charge is 0.368 e. The molecule has 1 aromatic heterocycles. The van der Waals surface area contributed by atoms with Crippen molar-refractivity contribution in [1.29, 1.82) is 0 Å². The van der Waals surface area contributed by atoms with Gasteiger partial charge in [-0.1, -0.05) is 44.2 Å². The van der Waals surface area contributed by atoms with Gasteiger partial charge in [0.15, 0.2) is 0 Å². The van der Waals surface area contributed by atoms with E-state index >= 15 is 0 Å². The molecule has 0 saturated heterocycles. The molecule has 1 atom stereocenters. The van der Waals surface area contributed by atoms with E-state index < -0.39 is 6.04 Å². The molecule has 4 heteroatoms. The third kappa shape index (κ3) is 4.69. The van der Waals surface area contributed by atoms with Gasteiger partial charge in [-0.05, 0) is 34.9 Å². The van der Waals surface area contributed by atoms with Crippen LogP contribution in [0.2, 0.25) is 0 Å². The highest BCUT2D eigenvalue weighted by molar-refractivity contribution is 7.09. The van der Waals surface area contributed by atoms with E-state index in [-0.39, 0.29) is 5.91 Å². The zero-order chi connectivity index (χ0) is 15.2. The average molecular weight is 302 g/mol. The SMILES string of the molecule is CC(C)Cc1ccc(C(NCc2cccs2)C(N)=O)cc1. The Bertz CT molecular complexity index is 561. The van der Waals surface area contributed by atoms with Crippen molar-refractivity contribution < 1.29 is 4.79 Å². The lowest BCUT2D eigenvalue weighted by atomic mass is 9.99. The summed E-state index contributed by atoms with van der Waals surface area (Å²) >= 11 is 1.67. The van der Waals surface area contributed by atoms with Crippen molar-refractivity contribution in [2.75, 3.05) is 0 Å². The van der Waals surface area contributed by atoms with Gasteiger partial charge < -0.3 is 5.73 Å². The third-order valence-electron chi connectivity index (χ3n) is 3.30. The van der Waals surface area contributed by atoms with E-state index in [0.717, 1.165) is 12.0 Å². The third-order valence-corrected chi connectivity index (χ3v) is 4.18. The quantitative estimate of drug-likeness (QED) is 0.825. The lowest BCUT2D eigenvalue weighted by Crippen LogP contribution is -2.33. The highest BCUT2D eigenvalue weighted by Crippen LogP contribution is 2.17. The van der Waals surface area contributed by atoms with Crippen LogP contribution in [-0.4, -0.2) is 5.91 Å². The van der Waals surface area contributed by atoms with Crippen molar-refractivity contribution in [3.8, 4) is 0 Å². The monoisotopic (exact) mass is 302 g/mol. The minimum atomic E-state index is -0.444. The van der Waals surface area contributed by atoms with Gasteiger partial charge in [0.2, 0.25) is 5.91 Å².